The van der Waals surface area contributed by atoms with Crippen molar-refractivity contribution in [3.63, 3.8) is 0 Å². The SMILES string of the molecule is [2H]OC(=O)c1cc2cc(c1)OCCOCC[N+]1=C(C=C3C(=O)C(C=C4N(CCOCCO2)c2ccc(S(=O)(=O)O)cc2C4(C)C)C3O)C(C)(C)c2cc(SOOO)ccc21. The zero-order valence-electron chi connectivity index (χ0n) is 33.7. The zero-order chi connectivity index (χ0) is 43.0. The normalized spacial score (nSPS) is 22.1. The van der Waals surface area contributed by atoms with Gasteiger partial charge in [-0.3, -0.25) is 9.35 Å². The van der Waals surface area contributed by atoms with E-state index in [0.29, 0.717) is 34.1 Å². The van der Waals surface area contributed by atoms with Crippen LogP contribution < -0.4 is 14.4 Å². The molecule has 314 valence electrons. The van der Waals surface area contributed by atoms with Crippen LogP contribution in [0.1, 0.15) is 49.2 Å². The second kappa shape index (κ2) is 16.8. The van der Waals surface area contributed by atoms with E-state index in [0.717, 1.165) is 29.0 Å². The number of fused-ring (bicyclic) bond motifs is 12. The van der Waals surface area contributed by atoms with Gasteiger partial charge in [0.05, 0.1) is 59.8 Å². The number of carbonyl (C=O) groups is 2. The van der Waals surface area contributed by atoms with Crippen LogP contribution in [0.4, 0.5) is 11.4 Å². The predicted octanol–water partition coefficient (Wildman–Crippen LogP) is 5.11. The lowest BCUT2D eigenvalue weighted by molar-refractivity contribution is -0.442. The fourth-order valence-electron chi connectivity index (χ4n) is 8.05. The van der Waals surface area contributed by atoms with Crippen molar-refractivity contribution in [2.24, 2.45) is 5.92 Å². The lowest BCUT2D eigenvalue weighted by Crippen LogP contribution is -2.46. The summed E-state index contributed by atoms with van der Waals surface area (Å²) in [7, 11) is -4.53. The number of carbonyl (C=O) groups excluding carboxylic acids is 1. The Morgan fingerprint density at radius 2 is 1.64 bits per heavy atom. The number of Topliss-reactive ketones (excluding diaryl/α,β-unsaturated/α-hetero) is 1. The smallest absolute Gasteiger partial charge is 0.335 e. The first-order chi connectivity index (χ1) is 28.6. The molecule has 4 bridgehead atoms. The minimum Gasteiger partial charge on any atom is -0.491 e. The number of allylic oxidation sites excluding steroid dienone is 2. The molecule has 4 N–H and O–H groups in total. The average Bonchev–Trinajstić information content (AvgIpc) is 3.56. The van der Waals surface area contributed by atoms with E-state index in [1.54, 1.807) is 30.4 Å². The molecular weight excluding hydrogens is 809 g/mol. The van der Waals surface area contributed by atoms with Gasteiger partial charge in [-0.25, -0.2) is 10.1 Å². The highest BCUT2D eigenvalue weighted by atomic mass is 32.2. The summed E-state index contributed by atoms with van der Waals surface area (Å²) in [5, 5.41) is 28.5. The van der Waals surface area contributed by atoms with E-state index in [2.05, 4.69) is 14.5 Å². The number of aliphatic hydroxyl groups excluding tert-OH is 1. The summed E-state index contributed by atoms with van der Waals surface area (Å²) in [4.78, 5) is 28.7. The number of benzene rings is 3. The van der Waals surface area contributed by atoms with Crippen LogP contribution in [0, 0.1) is 5.92 Å². The van der Waals surface area contributed by atoms with Crippen molar-refractivity contribution in [1.82, 2.24) is 0 Å². The summed E-state index contributed by atoms with van der Waals surface area (Å²) in [5.41, 5.74) is 3.07. The second-order valence-electron chi connectivity index (χ2n) is 15.4. The van der Waals surface area contributed by atoms with E-state index in [-0.39, 0.29) is 73.8 Å². The van der Waals surface area contributed by atoms with Gasteiger partial charge in [0, 0.05) is 57.6 Å². The van der Waals surface area contributed by atoms with Gasteiger partial charge in [-0.1, -0.05) is 25.0 Å². The molecule has 4 aliphatic heterocycles. The molecule has 59 heavy (non-hydrogen) atoms. The van der Waals surface area contributed by atoms with Crippen molar-refractivity contribution in [1.29, 1.82) is 1.43 Å². The Labute approximate surface area is 346 Å². The number of ether oxygens (including phenoxy) is 4. The first-order valence-corrected chi connectivity index (χ1v) is 21.0. The number of anilines is 1. The van der Waals surface area contributed by atoms with Crippen LogP contribution in [-0.2, 0) is 44.6 Å². The Kier molecular flexibility index (Phi) is 11.7. The highest BCUT2D eigenvalue weighted by Gasteiger charge is 2.50. The van der Waals surface area contributed by atoms with Crippen LogP contribution in [0.5, 0.6) is 11.5 Å². The van der Waals surface area contributed by atoms with Crippen molar-refractivity contribution < 1.29 is 70.9 Å². The van der Waals surface area contributed by atoms with Gasteiger partial charge in [0.1, 0.15) is 31.3 Å². The number of nitrogens with zero attached hydrogens (tertiary/aromatic N) is 2. The van der Waals surface area contributed by atoms with Crippen LogP contribution in [0.2, 0.25) is 0 Å². The zero-order valence-corrected chi connectivity index (χ0v) is 34.3. The Balaban J connectivity index is 1.26. The molecule has 5 aliphatic rings. The highest BCUT2D eigenvalue weighted by Crippen LogP contribution is 2.50. The summed E-state index contributed by atoms with van der Waals surface area (Å²) < 4.78 is 71.8. The molecular formula is C41H45N2O14S2+. The first kappa shape index (κ1) is 41.1. The van der Waals surface area contributed by atoms with Crippen LogP contribution in [-0.4, -0.2) is 109 Å². The number of aliphatic hydroxyl groups is 1. The third kappa shape index (κ3) is 8.41. The van der Waals surface area contributed by atoms with Gasteiger partial charge in [-0.2, -0.15) is 13.0 Å². The summed E-state index contributed by atoms with van der Waals surface area (Å²) >= 11 is 0.820. The molecule has 0 saturated heterocycles. The Morgan fingerprint density at radius 1 is 0.932 bits per heavy atom. The fraction of sp³-hybridized carbons (Fsp3) is 0.390. The average molecular weight is 855 g/mol. The molecule has 3 aromatic carbocycles. The molecule has 0 aromatic heterocycles. The second-order valence-corrected chi connectivity index (χ2v) is 17.6. The molecule has 8 rings (SSSR count). The van der Waals surface area contributed by atoms with Gasteiger partial charge in [-0.15, -0.1) is 4.33 Å². The molecule has 3 aromatic rings. The number of rotatable bonds is 5. The summed E-state index contributed by atoms with van der Waals surface area (Å²) in [5.74, 6) is -1.51. The molecule has 2 atom stereocenters. The standard InChI is InChI=1S/C41H44N2O14S2/c1-40(2)31-20-27(58-57-56-48)5-7-33(31)42-9-11-52-13-15-54-25-17-24(39(46)47)18-26(19-25)55-16-14-53-12-10-43-34-8-6-28(59(49,50)51)21-32(34)41(3,4)36(43)23-30-37(44)29(38(30)45)22-35(40)42/h5-8,17-23,30,37,44H,9-16H2,1-4H3,(H2-,46,47,48,49,50,51)/p+1/i/hD. The first-order valence-electron chi connectivity index (χ1n) is 19.2. The lowest BCUT2D eigenvalue weighted by atomic mass is 9.71. The number of hydrogen-bond donors (Lipinski definition) is 4. The van der Waals surface area contributed by atoms with Crippen LogP contribution >= 0.6 is 12.0 Å². The third-order valence-electron chi connectivity index (χ3n) is 11.1. The summed E-state index contributed by atoms with van der Waals surface area (Å²) in [6, 6.07) is 14.4. The van der Waals surface area contributed by atoms with Crippen LogP contribution in [0.15, 0.2) is 87.8 Å². The minimum absolute atomic E-state index is 0.0544. The van der Waals surface area contributed by atoms with Crippen molar-refractivity contribution in [2.75, 3.05) is 57.6 Å². The number of aromatic carboxylic acids is 1. The number of hydrogen-bond acceptors (Lipinski definition) is 15. The van der Waals surface area contributed by atoms with Crippen LogP contribution in [0.25, 0.3) is 1.43 Å². The number of carboxylic acid groups (broad SMARTS) is 1. The van der Waals surface area contributed by atoms with Crippen molar-refractivity contribution >= 4 is 51.0 Å². The molecule has 1 aliphatic carbocycles. The number of ketones is 1. The Bertz CT molecular complexity index is 2400. The molecule has 1 saturated carbocycles. The minimum atomic E-state index is -4.53. The highest BCUT2D eigenvalue weighted by molar-refractivity contribution is 7.94. The van der Waals surface area contributed by atoms with Gasteiger partial charge in [0.15, 0.2) is 18.0 Å². The van der Waals surface area contributed by atoms with Gasteiger partial charge in [-0.05, 0) is 61.9 Å². The molecule has 4 heterocycles. The molecule has 0 spiro atoms. The number of carboxylic acids is 1. The molecule has 18 heteroatoms. The lowest BCUT2D eigenvalue weighted by Gasteiger charge is -2.35. The van der Waals surface area contributed by atoms with Gasteiger partial charge in [0.2, 0.25) is 5.69 Å². The topological polar surface area (TPSA) is 211 Å². The van der Waals surface area contributed by atoms with E-state index in [9.17, 15) is 27.7 Å². The van der Waals surface area contributed by atoms with E-state index >= 15 is 0 Å². The maximum absolute atomic E-state index is 14.1. The fourth-order valence-corrected chi connectivity index (χ4v) is 8.95. The van der Waals surface area contributed by atoms with E-state index in [4.69, 9.17) is 25.6 Å². The monoisotopic (exact) mass is 854 g/mol. The van der Waals surface area contributed by atoms with E-state index < -0.39 is 38.9 Å². The Morgan fingerprint density at radius 3 is 2.31 bits per heavy atom. The molecule has 1 fully saturated rings. The predicted molar refractivity (Wildman–Crippen MR) is 213 cm³/mol. The van der Waals surface area contributed by atoms with Crippen molar-refractivity contribution in [3.8, 4) is 11.5 Å². The molecule has 0 radical (unpaired) electrons. The quantitative estimate of drug-likeness (QED) is 0.0864. The van der Waals surface area contributed by atoms with Crippen LogP contribution in [0.3, 0.4) is 0 Å². The van der Waals surface area contributed by atoms with E-state index in [1.807, 2.05) is 49.3 Å². The third-order valence-corrected chi connectivity index (χ3v) is 12.5. The summed E-state index contributed by atoms with van der Waals surface area (Å²) in [6.45, 7) is 9.29. The molecule has 16 nitrogen and oxygen atoms in total. The van der Waals surface area contributed by atoms with Crippen molar-refractivity contribution in [2.45, 2.75) is 54.4 Å². The van der Waals surface area contributed by atoms with E-state index in [1.165, 1.54) is 24.3 Å². The van der Waals surface area contributed by atoms with Gasteiger partial charge in [0.25, 0.3) is 11.5 Å². The maximum Gasteiger partial charge on any atom is 0.335 e. The molecule has 2 unspecified atom stereocenters. The van der Waals surface area contributed by atoms with Gasteiger partial charge >= 0.3 is 5.97 Å². The Hall–Kier alpha value is -4.63. The molecule has 0 amide bonds. The maximum atomic E-state index is 14.1. The summed E-state index contributed by atoms with van der Waals surface area (Å²) in [6.07, 6.45) is 2.30. The van der Waals surface area contributed by atoms with Crippen molar-refractivity contribution in [3.05, 3.63) is 94.7 Å². The van der Waals surface area contributed by atoms with Gasteiger partial charge < -0.3 is 34.1 Å². The largest absolute Gasteiger partial charge is 0.491 e.